The maximum absolute atomic E-state index is 14.9. The minimum Gasteiger partial charge on any atom is -0.497 e. The van der Waals surface area contributed by atoms with Crippen molar-refractivity contribution in [3.8, 4) is 17.0 Å². The van der Waals surface area contributed by atoms with Gasteiger partial charge >= 0.3 is 0 Å². The van der Waals surface area contributed by atoms with E-state index >= 15 is 0 Å². The molecule has 2 aliphatic carbocycles. The van der Waals surface area contributed by atoms with Gasteiger partial charge in [0.05, 0.1) is 30.0 Å². The fourth-order valence-corrected chi connectivity index (χ4v) is 10.0. The Morgan fingerprint density at radius 1 is 0.904 bits per heavy atom. The SMILES string of the molecule is COc1ccc2c(c1)C1CC1(C(=O)N1CCN(CC(=O)N3CCCC3)CC1)Cn1c-2c(C2CCCCC2)c2ccc(C(=O)NS(=O)(=O)C(C)C)cc21. The Balaban J connectivity index is 1.18. The maximum atomic E-state index is 14.9. The first kappa shape index (κ1) is 35.1. The Morgan fingerprint density at radius 2 is 1.63 bits per heavy atom. The van der Waals surface area contributed by atoms with Crippen LogP contribution in [-0.2, 0) is 26.2 Å². The van der Waals surface area contributed by atoms with Crippen LogP contribution in [0.5, 0.6) is 5.75 Å². The van der Waals surface area contributed by atoms with E-state index in [0.29, 0.717) is 51.6 Å². The molecule has 3 aromatic rings. The quantitative estimate of drug-likeness (QED) is 0.343. The number of rotatable bonds is 8. The van der Waals surface area contributed by atoms with Gasteiger partial charge in [0.15, 0.2) is 0 Å². The zero-order valence-corrected chi connectivity index (χ0v) is 31.5. The van der Waals surface area contributed by atoms with Crippen LogP contribution in [0.3, 0.4) is 0 Å². The summed E-state index contributed by atoms with van der Waals surface area (Å²) in [7, 11) is -2.15. The van der Waals surface area contributed by atoms with E-state index in [9.17, 15) is 22.8 Å². The van der Waals surface area contributed by atoms with E-state index < -0.39 is 26.6 Å². The van der Waals surface area contributed by atoms with Crippen LogP contribution in [0.1, 0.15) is 98.5 Å². The number of hydrogen-bond acceptors (Lipinski definition) is 7. The van der Waals surface area contributed by atoms with Crippen LogP contribution < -0.4 is 9.46 Å². The fourth-order valence-electron chi connectivity index (χ4n) is 9.41. The van der Waals surface area contributed by atoms with Crippen LogP contribution in [0.4, 0.5) is 0 Å². The maximum Gasteiger partial charge on any atom is 0.264 e. The summed E-state index contributed by atoms with van der Waals surface area (Å²) in [4.78, 5) is 47.3. The second-order valence-electron chi connectivity index (χ2n) is 16.0. The van der Waals surface area contributed by atoms with Crippen LogP contribution in [0.15, 0.2) is 36.4 Å². The standard InChI is InChI=1S/C40H51N5O6S/c1-26(2)52(49,50)41-38(47)28-11-13-31-34(21-28)45-25-40(39(48)44-19-17-42(18-20-44)24-35(46)43-15-7-8-16-43)23-33(40)32-22-29(51-3)12-14-30(32)37(45)36(31)27-9-5-4-6-10-27/h11-14,21-22,26-27,33H,4-10,15-20,23-25H2,1-3H3,(H,41,47). The number of amides is 3. The zero-order valence-electron chi connectivity index (χ0n) is 30.7. The van der Waals surface area contributed by atoms with Gasteiger partial charge in [0.2, 0.25) is 21.8 Å². The summed E-state index contributed by atoms with van der Waals surface area (Å²) in [6.45, 7) is 8.13. The molecule has 4 heterocycles. The van der Waals surface area contributed by atoms with Gasteiger partial charge in [0, 0.05) is 73.8 Å². The zero-order chi connectivity index (χ0) is 36.4. The molecule has 5 aliphatic rings. The number of ether oxygens (including phenoxy) is 1. The van der Waals surface area contributed by atoms with E-state index in [1.807, 2.05) is 28.0 Å². The first-order valence-corrected chi connectivity index (χ1v) is 20.8. The van der Waals surface area contributed by atoms with Crippen molar-refractivity contribution in [1.82, 2.24) is 24.0 Å². The van der Waals surface area contributed by atoms with Crippen molar-refractivity contribution in [3.63, 3.8) is 0 Å². The molecule has 0 bridgehead atoms. The third-order valence-corrected chi connectivity index (χ3v) is 14.3. The average molecular weight is 730 g/mol. The molecule has 52 heavy (non-hydrogen) atoms. The van der Waals surface area contributed by atoms with Crippen molar-refractivity contribution in [2.24, 2.45) is 5.41 Å². The lowest BCUT2D eigenvalue weighted by atomic mass is 9.81. The van der Waals surface area contributed by atoms with Crippen LogP contribution >= 0.6 is 0 Å². The summed E-state index contributed by atoms with van der Waals surface area (Å²) < 4.78 is 35.7. The van der Waals surface area contributed by atoms with Crippen LogP contribution in [-0.4, -0.2) is 104 Å². The van der Waals surface area contributed by atoms with Crippen molar-refractivity contribution in [2.75, 3.05) is 52.9 Å². The first-order valence-electron chi connectivity index (χ1n) is 19.2. The van der Waals surface area contributed by atoms with E-state index in [1.54, 1.807) is 27.0 Å². The highest BCUT2D eigenvalue weighted by molar-refractivity contribution is 7.90. The predicted octanol–water partition coefficient (Wildman–Crippen LogP) is 5.09. The van der Waals surface area contributed by atoms with E-state index in [-0.39, 0.29) is 23.3 Å². The minimum absolute atomic E-state index is 0.0108. The minimum atomic E-state index is -3.82. The van der Waals surface area contributed by atoms with Crippen LogP contribution in [0.25, 0.3) is 22.2 Å². The number of nitrogens with zero attached hydrogens (tertiary/aromatic N) is 4. The molecule has 1 N–H and O–H groups in total. The third-order valence-electron chi connectivity index (χ3n) is 12.5. The average Bonchev–Trinajstić information content (AvgIpc) is 3.47. The molecule has 12 heteroatoms. The van der Waals surface area contributed by atoms with Crippen molar-refractivity contribution < 1.29 is 27.5 Å². The molecule has 4 fully saturated rings. The van der Waals surface area contributed by atoms with Gasteiger partial charge in [-0.25, -0.2) is 13.1 Å². The van der Waals surface area contributed by atoms with E-state index in [2.05, 4.69) is 26.3 Å². The van der Waals surface area contributed by atoms with E-state index in [0.717, 1.165) is 85.1 Å². The Morgan fingerprint density at radius 3 is 2.33 bits per heavy atom. The van der Waals surface area contributed by atoms with Gasteiger partial charge in [0.1, 0.15) is 5.75 Å². The van der Waals surface area contributed by atoms with Gasteiger partial charge < -0.3 is 19.1 Å². The number of methoxy groups -OCH3 is 1. The first-order chi connectivity index (χ1) is 25.0. The lowest BCUT2D eigenvalue weighted by molar-refractivity contribution is -0.140. The fraction of sp³-hybridized carbons (Fsp3) is 0.575. The highest BCUT2D eigenvalue weighted by Gasteiger charge is 2.64. The second kappa shape index (κ2) is 13.5. The molecule has 2 atom stereocenters. The Hall–Kier alpha value is -3.90. The normalized spacial score (nSPS) is 23.6. The number of sulfonamides is 1. The molecule has 0 radical (unpaired) electrons. The number of fused-ring (bicyclic) bond motifs is 7. The Labute approximate surface area is 306 Å². The van der Waals surface area contributed by atoms with Gasteiger partial charge in [-0.3, -0.25) is 19.3 Å². The number of likely N-dealkylation sites (tertiary alicyclic amines) is 1. The van der Waals surface area contributed by atoms with E-state index in [4.69, 9.17) is 4.74 Å². The number of piperazine rings is 1. The van der Waals surface area contributed by atoms with Gasteiger partial charge in [0.25, 0.3) is 5.91 Å². The molecule has 2 saturated heterocycles. The molecule has 11 nitrogen and oxygen atoms in total. The summed E-state index contributed by atoms with van der Waals surface area (Å²) >= 11 is 0. The number of aromatic nitrogens is 1. The lowest BCUT2D eigenvalue weighted by Crippen LogP contribution is -2.53. The number of carbonyl (C=O) groups excluding carboxylic acids is 3. The Kier molecular flexibility index (Phi) is 9.13. The van der Waals surface area contributed by atoms with Gasteiger partial charge in [-0.05, 0) is 93.3 Å². The molecule has 1 aromatic heterocycles. The molecule has 0 spiro atoms. The Bertz CT molecular complexity index is 2020. The van der Waals surface area contributed by atoms with Gasteiger partial charge in [-0.1, -0.05) is 25.3 Å². The summed E-state index contributed by atoms with van der Waals surface area (Å²) in [5.74, 6) is 0.779. The summed E-state index contributed by atoms with van der Waals surface area (Å²) in [5.41, 5.74) is 5.07. The van der Waals surface area contributed by atoms with Crippen LogP contribution in [0, 0.1) is 5.41 Å². The molecular weight excluding hydrogens is 679 g/mol. The third kappa shape index (κ3) is 6.09. The largest absolute Gasteiger partial charge is 0.497 e. The number of nitrogens with one attached hydrogen (secondary N) is 1. The van der Waals surface area contributed by atoms with Crippen molar-refractivity contribution in [2.45, 2.75) is 88.8 Å². The van der Waals surface area contributed by atoms with Gasteiger partial charge in [-0.2, -0.15) is 0 Å². The van der Waals surface area contributed by atoms with Crippen molar-refractivity contribution in [3.05, 3.63) is 53.1 Å². The lowest BCUT2D eigenvalue weighted by Gasteiger charge is -2.37. The van der Waals surface area contributed by atoms with Crippen LogP contribution in [0.2, 0.25) is 0 Å². The highest BCUT2D eigenvalue weighted by atomic mass is 32.2. The van der Waals surface area contributed by atoms with Crippen molar-refractivity contribution >= 4 is 38.6 Å². The molecule has 2 unspecified atom stereocenters. The van der Waals surface area contributed by atoms with Gasteiger partial charge in [-0.15, -0.1) is 0 Å². The summed E-state index contributed by atoms with van der Waals surface area (Å²) in [6.07, 6.45) is 8.52. The molecule has 8 rings (SSSR count). The van der Waals surface area contributed by atoms with Crippen molar-refractivity contribution in [1.29, 1.82) is 0 Å². The smallest absolute Gasteiger partial charge is 0.264 e. The second-order valence-corrected chi connectivity index (χ2v) is 18.2. The molecule has 2 aromatic carbocycles. The molecule has 2 saturated carbocycles. The summed E-state index contributed by atoms with van der Waals surface area (Å²) in [5, 5.41) is 0.311. The number of carbonyl (C=O) groups is 3. The number of benzene rings is 2. The topological polar surface area (TPSA) is 121 Å². The summed E-state index contributed by atoms with van der Waals surface area (Å²) in [6, 6.07) is 11.8. The van der Waals surface area contributed by atoms with E-state index in [1.165, 1.54) is 12.0 Å². The molecule has 278 valence electrons. The highest BCUT2D eigenvalue weighted by Crippen LogP contribution is 2.66. The monoisotopic (exact) mass is 729 g/mol. The number of hydrogen-bond donors (Lipinski definition) is 1. The molecule has 3 amide bonds. The molecule has 3 aliphatic heterocycles. The predicted molar refractivity (Wildman–Crippen MR) is 200 cm³/mol. The molecular formula is C40H51N5O6S.